The van der Waals surface area contributed by atoms with Crippen molar-refractivity contribution in [3.05, 3.63) is 52.6 Å². The summed E-state index contributed by atoms with van der Waals surface area (Å²) < 4.78 is 13.0. The Morgan fingerprint density at radius 3 is 2.17 bits per heavy atom. The van der Waals surface area contributed by atoms with Gasteiger partial charge in [0.15, 0.2) is 5.16 Å². The quantitative estimate of drug-likeness (QED) is 0.658. The number of hydrogen-bond donors (Lipinski definition) is 1. The molecule has 1 aromatic carbocycles. The number of halogens is 1. The molecule has 24 heavy (non-hydrogen) atoms. The topological polar surface area (TPSA) is 54.9 Å². The van der Waals surface area contributed by atoms with Crippen molar-refractivity contribution in [2.75, 3.05) is 0 Å². The molecule has 0 saturated carbocycles. The van der Waals surface area contributed by atoms with Crippen molar-refractivity contribution in [3.63, 3.8) is 0 Å². The fraction of sp³-hybridized carbons (Fsp3) is 0.389. The number of amides is 1. The highest BCUT2D eigenvalue weighted by atomic mass is 32.2. The number of carbonyl (C=O) groups excluding carboxylic acids is 1. The van der Waals surface area contributed by atoms with Crippen LogP contribution in [0.1, 0.15) is 42.4 Å². The standard InChI is InChI=1S/C18H22FN3OS/c1-10-11(2)21-18(22-12(10)3)24-14(5)17(23)20-13(4)15-6-8-16(19)9-7-15/h6-9,13-14H,1-5H3,(H,20,23). The van der Waals surface area contributed by atoms with Crippen LogP contribution in [-0.4, -0.2) is 21.1 Å². The van der Waals surface area contributed by atoms with E-state index in [-0.39, 0.29) is 23.0 Å². The largest absolute Gasteiger partial charge is 0.349 e. The van der Waals surface area contributed by atoms with Gasteiger partial charge < -0.3 is 5.32 Å². The molecule has 0 bridgehead atoms. The minimum absolute atomic E-state index is 0.101. The fourth-order valence-electron chi connectivity index (χ4n) is 2.17. The molecule has 2 unspecified atom stereocenters. The van der Waals surface area contributed by atoms with Crippen molar-refractivity contribution in [2.45, 2.75) is 51.1 Å². The van der Waals surface area contributed by atoms with Gasteiger partial charge >= 0.3 is 0 Å². The highest BCUT2D eigenvalue weighted by Gasteiger charge is 2.19. The molecule has 2 aromatic rings. The van der Waals surface area contributed by atoms with E-state index in [0.29, 0.717) is 5.16 Å². The number of rotatable bonds is 5. The molecule has 0 aliphatic heterocycles. The zero-order valence-corrected chi connectivity index (χ0v) is 15.4. The summed E-state index contributed by atoms with van der Waals surface area (Å²) in [5.74, 6) is -0.389. The average Bonchev–Trinajstić information content (AvgIpc) is 2.52. The maximum Gasteiger partial charge on any atom is 0.233 e. The molecule has 1 aromatic heterocycles. The zero-order chi connectivity index (χ0) is 17.9. The first-order valence-electron chi connectivity index (χ1n) is 7.82. The highest BCUT2D eigenvalue weighted by Crippen LogP contribution is 2.23. The van der Waals surface area contributed by atoms with E-state index in [1.165, 1.54) is 23.9 Å². The van der Waals surface area contributed by atoms with Gasteiger partial charge in [-0.05, 0) is 57.9 Å². The first kappa shape index (κ1) is 18.4. The molecule has 0 radical (unpaired) electrons. The number of hydrogen-bond acceptors (Lipinski definition) is 4. The summed E-state index contributed by atoms with van der Waals surface area (Å²) in [5.41, 5.74) is 3.79. The van der Waals surface area contributed by atoms with Crippen molar-refractivity contribution in [1.29, 1.82) is 0 Å². The zero-order valence-electron chi connectivity index (χ0n) is 14.6. The van der Waals surface area contributed by atoms with Crippen LogP contribution in [0.15, 0.2) is 29.4 Å². The van der Waals surface area contributed by atoms with E-state index < -0.39 is 0 Å². The van der Waals surface area contributed by atoms with E-state index in [4.69, 9.17) is 0 Å². The number of benzene rings is 1. The Hall–Kier alpha value is -1.95. The molecule has 1 amide bonds. The lowest BCUT2D eigenvalue weighted by molar-refractivity contribution is -0.120. The van der Waals surface area contributed by atoms with E-state index in [1.807, 2.05) is 34.6 Å². The van der Waals surface area contributed by atoms with Gasteiger partial charge in [-0.3, -0.25) is 4.79 Å². The molecule has 2 atom stereocenters. The monoisotopic (exact) mass is 347 g/mol. The third kappa shape index (κ3) is 4.54. The summed E-state index contributed by atoms with van der Waals surface area (Å²) in [6.45, 7) is 9.56. The van der Waals surface area contributed by atoms with Crippen LogP contribution in [0.2, 0.25) is 0 Å². The van der Waals surface area contributed by atoms with Gasteiger partial charge in [0, 0.05) is 11.4 Å². The predicted octanol–water partition coefficient (Wildman–Crippen LogP) is 3.90. The van der Waals surface area contributed by atoms with Gasteiger partial charge in [-0.25, -0.2) is 14.4 Å². The summed E-state index contributed by atoms with van der Waals surface area (Å²) in [4.78, 5) is 21.2. The predicted molar refractivity (Wildman–Crippen MR) is 94.5 cm³/mol. The van der Waals surface area contributed by atoms with Crippen molar-refractivity contribution in [1.82, 2.24) is 15.3 Å². The highest BCUT2D eigenvalue weighted by molar-refractivity contribution is 8.00. The summed E-state index contributed by atoms with van der Waals surface area (Å²) in [6, 6.07) is 5.94. The minimum Gasteiger partial charge on any atom is -0.349 e. The van der Waals surface area contributed by atoms with Crippen molar-refractivity contribution in [2.24, 2.45) is 0 Å². The third-order valence-electron chi connectivity index (χ3n) is 3.99. The Labute approximate surface area is 146 Å². The molecule has 0 fully saturated rings. The summed E-state index contributed by atoms with van der Waals surface area (Å²) in [5, 5.41) is 3.22. The Morgan fingerprint density at radius 1 is 1.08 bits per heavy atom. The second kappa shape index (κ2) is 7.75. The van der Waals surface area contributed by atoms with E-state index in [1.54, 1.807) is 12.1 Å². The second-order valence-corrected chi connectivity index (χ2v) is 7.15. The van der Waals surface area contributed by atoms with Gasteiger partial charge in [0.1, 0.15) is 5.82 Å². The van der Waals surface area contributed by atoms with Crippen LogP contribution in [-0.2, 0) is 4.79 Å². The molecular formula is C18H22FN3OS. The SMILES string of the molecule is Cc1nc(SC(C)C(=O)NC(C)c2ccc(F)cc2)nc(C)c1C. The Bertz CT molecular complexity index is 711. The van der Waals surface area contributed by atoms with Gasteiger partial charge in [0.25, 0.3) is 0 Å². The molecule has 0 spiro atoms. The maximum atomic E-state index is 13.0. The molecule has 128 valence electrons. The number of aromatic nitrogens is 2. The molecule has 4 nitrogen and oxygen atoms in total. The van der Waals surface area contributed by atoms with Crippen molar-refractivity contribution in [3.8, 4) is 0 Å². The molecule has 0 saturated heterocycles. The van der Waals surface area contributed by atoms with Crippen LogP contribution in [0.5, 0.6) is 0 Å². The summed E-state index contributed by atoms with van der Waals surface area (Å²) in [6.07, 6.45) is 0. The maximum absolute atomic E-state index is 13.0. The normalized spacial score (nSPS) is 13.4. The van der Waals surface area contributed by atoms with E-state index >= 15 is 0 Å². The third-order valence-corrected chi connectivity index (χ3v) is 4.95. The lowest BCUT2D eigenvalue weighted by Crippen LogP contribution is -2.33. The number of aryl methyl sites for hydroxylation is 2. The molecule has 1 heterocycles. The Morgan fingerprint density at radius 2 is 1.62 bits per heavy atom. The molecule has 6 heteroatoms. The van der Waals surface area contributed by atoms with Crippen molar-refractivity contribution < 1.29 is 9.18 Å². The average molecular weight is 347 g/mol. The molecule has 1 N–H and O–H groups in total. The summed E-state index contributed by atoms with van der Waals surface area (Å²) >= 11 is 1.33. The first-order valence-corrected chi connectivity index (χ1v) is 8.70. The van der Waals surface area contributed by atoms with Gasteiger partial charge in [-0.1, -0.05) is 23.9 Å². The van der Waals surface area contributed by atoms with Crippen LogP contribution in [0, 0.1) is 26.6 Å². The molecule has 0 aliphatic rings. The van der Waals surface area contributed by atoms with E-state index in [2.05, 4.69) is 15.3 Å². The molecule has 2 rings (SSSR count). The molecule has 0 aliphatic carbocycles. The summed E-state index contributed by atoms with van der Waals surface area (Å²) in [7, 11) is 0. The van der Waals surface area contributed by atoms with Crippen LogP contribution >= 0.6 is 11.8 Å². The second-order valence-electron chi connectivity index (χ2n) is 5.84. The fourth-order valence-corrected chi connectivity index (χ4v) is 3.04. The number of nitrogens with zero attached hydrogens (tertiary/aromatic N) is 2. The van der Waals surface area contributed by atoms with Crippen molar-refractivity contribution >= 4 is 17.7 Å². The minimum atomic E-state index is -0.325. The van der Waals surface area contributed by atoms with Gasteiger partial charge in [-0.15, -0.1) is 0 Å². The lowest BCUT2D eigenvalue weighted by atomic mass is 10.1. The van der Waals surface area contributed by atoms with Crippen LogP contribution in [0.25, 0.3) is 0 Å². The Kier molecular flexibility index (Phi) is 5.94. The van der Waals surface area contributed by atoms with Crippen LogP contribution < -0.4 is 5.32 Å². The molecular weight excluding hydrogens is 325 g/mol. The first-order chi connectivity index (χ1) is 11.3. The van der Waals surface area contributed by atoms with Gasteiger partial charge in [0.2, 0.25) is 5.91 Å². The lowest BCUT2D eigenvalue weighted by Gasteiger charge is -2.17. The number of carbonyl (C=O) groups is 1. The van der Waals surface area contributed by atoms with E-state index in [0.717, 1.165) is 22.5 Å². The van der Waals surface area contributed by atoms with Crippen LogP contribution in [0.4, 0.5) is 4.39 Å². The number of thioether (sulfide) groups is 1. The number of nitrogens with one attached hydrogen (secondary N) is 1. The Balaban J connectivity index is 2.00. The smallest absolute Gasteiger partial charge is 0.233 e. The van der Waals surface area contributed by atoms with Gasteiger partial charge in [-0.2, -0.15) is 0 Å². The van der Waals surface area contributed by atoms with Gasteiger partial charge in [0.05, 0.1) is 11.3 Å². The van der Waals surface area contributed by atoms with Crippen LogP contribution in [0.3, 0.4) is 0 Å². The van der Waals surface area contributed by atoms with E-state index in [9.17, 15) is 9.18 Å².